The second-order valence-electron chi connectivity index (χ2n) is 12.4. The lowest BCUT2D eigenvalue weighted by Crippen LogP contribution is -2.44. The highest BCUT2D eigenvalue weighted by Gasteiger charge is 2.39. The first-order chi connectivity index (χ1) is 17.1. The van der Waals surface area contributed by atoms with E-state index in [1.807, 2.05) is 13.0 Å². The highest BCUT2D eigenvalue weighted by Crippen LogP contribution is 2.39. The summed E-state index contributed by atoms with van der Waals surface area (Å²) >= 11 is 0. The van der Waals surface area contributed by atoms with Gasteiger partial charge in [-0.2, -0.15) is 0 Å². The van der Waals surface area contributed by atoms with E-state index in [1.165, 1.54) is 16.7 Å². The molecule has 0 unspecified atom stereocenters. The zero-order chi connectivity index (χ0) is 28.0. The molecule has 0 radical (unpaired) electrons. The van der Waals surface area contributed by atoms with Crippen LogP contribution in [-0.4, -0.2) is 8.32 Å². The summed E-state index contributed by atoms with van der Waals surface area (Å²) in [5.41, 5.74) is 6.98. The molecule has 1 aromatic carbocycles. The summed E-state index contributed by atoms with van der Waals surface area (Å²) < 4.78 is 12.8. The van der Waals surface area contributed by atoms with Gasteiger partial charge in [-0.25, -0.2) is 0 Å². The number of aryl methyl sites for hydroxylation is 2. The minimum atomic E-state index is -2.02. The first kappa shape index (κ1) is 30.9. The van der Waals surface area contributed by atoms with E-state index in [2.05, 4.69) is 86.7 Å². The minimum absolute atomic E-state index is 0.00820. The average Bonchev–Trinajstić information content (AvgIpc) is 2.77. The van der Waals surface area contributed by atoms with Crippen LogP contribution < -0.4 is 9.85 Å². The summed E-state index contributed by atoms with van der Waals surface area (Å²) in [5.74, 6) is 1.56. The Morgan fingerprint density at radius 2 is 1.46 bits per heavy atom. The molecule has 0 bridgehead atoms. The smallest absolute Gasteiger partial charge is 0.250 e. The molecule has 0 saturated carbocycles. The first-order valence-corrected chi connectivity index (χ1v) is 16.7. The maximum Gasteiger partial charge on any atom is 0.250 e. The van der Waals surface area contributed by atoms with Crippen molar-refractivity contribution in [1.82, 2.24) is 0 Å². The first-order valence-electron chi connectivity index (χ1n) is 13.8. The third-order valence-electron chi connectivity index (χ3n) is 7.76. The van der Waals surface area contributed by atoms with Crippen molar-refractivity contribution in [3.05, 3.63) is 74.2 Å². The average molecular weight is 523 g/mol. The van der Waals surface area contributed by atoms with Crippen LogP contribution in [-0.2, 0) is 6.42 Å². The lowest BCUT2D eigenvalue weighted by Gasteiger charge is -2.37. The van der Waals surface area contributed by atoms with E-state index in [-0.39, 0.29) is 10.5 Å². The predicted molar refractivity (Wildman–Crippen MR) is 164 cm³/mol. The Kier molecular flexibility index (Phi) is 10.8. The van der Waals surface area contributed by atoms with Crippen molar-refractivity contribution in [2.45, 2.75) is 119 Å². The minimum Gasteiger partial charge on any atom is -0.543 e. The topological polar surface area (TPSA) is 39.4 Å². The SMILES string of the molecule is CC(C)=CCC/C(C)=C/CC/C(C)=C/CCc1cc(=O)c2cc(O[Si](C)(C)C(C)(C)C)c(C)c(C)c2o1. The van der Waals surface area contributed by atoms with Gasteiger partial charge < -0.3 is 8.84 Å². The zero-order valence-corrected chi connectivity index (χ0v) is 26.4. The number of allylic oxidation sites excluding steroid dienone is 6. The number of fused-ring (bicyclic) bond motifs is 1. The molecule has 0 saturated heterocycles. The molecule has 37 heavy (non-hydrogen) atoms. The van der Waals surface area contributed by atoms with Gasteiger partial charge in [0.2, 0.25) is 8.32 Å². The molecule has 0 spiro atoms. The van der Waals surface area contributed by atoms with Crippen molar-refractivity contribution >= 4 is 19.3 Å². The Labute approximate surface area is 226 Å². The number of hydrogen-bond acceptors (Lipinski definition) is 3. The van der Waals surface area contributed by atoms with Crippen LogP contribution in [0.1, 0.15) is 97.5 Å². The van der Waals surface area contributed by atoms with Gasteiger partial charge in [-0.3, -0.25) is 4.79 Å². The summed E-state index contributed by atoms with van der Waals surface area (Å²) in [5, 5.41) is 0.697. The number of benzene rings is 1. The van der Waals surface area contributed by atoms with Crippen molar-refractivity contribution in [3.63, 3.8) is 0 Å². The third kappa shape index (κ3) is 8.88. The molecule has 1 heterocycles. The molecule has 0 fully saturated rings. The van der Waals surface area contributed by atoms with Gasteiger partial charge in [-0.15, -0.1) is 0 Å². The molecular weight excluding hydrogens is 472 g/mol. The second-order valence-corrected chi connectivity index (χ2v) is 17.2. The fourth-order valence-electron chi connectivity index (χ4n) is 4.02. The zero-order valence-electron chi connectivity index (χ0n) is 25.4. The van der Waals surface area contributed by atoms with Crippen molar-refractivity contribution < 1.29 is 8.84 Å². The van der Waals surface area contributed by atoms with Crippen LogP contribution in [0.4, 0.5) is 0 Å². The lowest BCUT2D eigenvalue weighted by atomic mass is 10.0. The van der Waals surface area contributed by atoms with Gasteiger partial charge in [0.15, 0.2) is 5.43 Å². The Morgan fingerprint density at radius 1 is 0.892 bits per heavy atom. The molecule has 2 aromatic rings. The van der Waals surface area contributed by atoms with E-state index in [0.717, 1.165) is 61.2 Å². The van der Waals surface area contributed by atoms with Crippen molar-refractivity contribution in [2.75, 3.05) is 0 Å². The normalized spacial score (nSPS) is 13.3. The predicted octanol–water partition coefficient (Wildman–Crippen LogP) is 10.1. The van der Waals surface area contributed by atoms with E-state index in [9.17, 15) is 4.79 Å². The van der Waals surface area contributed by atoms with Crippen LogP contribution in [0.25, 0.3) is 11.0 Å². The van der Waals surface area contributed by atoms with Crippen molar-refractivity contribution in [1.29, 1.82) is 0 Å². The Balaban J connectivity index is 2.09. The Bertz CT molecular complexity index is 1230. The largest absolute Gasteiger partial charge is 0.543 e. The van der Waals surface area contributed by atoms with Gasteiger partial charge in [0.05, 0.1) is 5.39 Å². The molecule has 0 aliphatic rings. The van der Waals surface area contributed by atoms with Gasteiger partial charge in [0.25, 0.3) is 0 Å². The van der Waals surface area contributed by atoms with Crippen molar-refractivity contribution in [2.24, 2.45) is 0 Å². The molecular formula is C33H50O3Si. The quantitative estimate of drug-likeness (QED) is 0.218. The van der Waals surface area contributed by atoms with Gasteiger partial charge in [-0.05, 0) is 109 Å². The van der Waals surface area contributed by atoms with Gasteiger partial charge >= 0.3 is 0 Å². The van der Waals surface area contributed by atoms with Gasteiger partial charge in [0.1, 0.15) is 17.1 Å². The van der Waals surface area contributed by atoms with Gasteiger partial charge in [0, 0.05) is 12.5 Å². The van der Waals surface area contributed by atoms with E-state index in [4.69, 9.17) is 8.84 Å². The molecule has 0 aliphatic carbocycles. The molecule has 204 valence electrons. The third-order valence-corrected chi connectivity index (χ3v) is 12.1. The molecule has 0 atom stereocenters. The Hall–Kier alpha value is -2.33. The fourth-order valence-corrected chi connectivity index (χ4v) is 5.09. The highest BCUT2D eigenvalue weighted by molar-refractivity contribution is 6.74. The van der Waals surface area contributed by atoms with E-state index in [1.54, 1.807) is 6.07 Å². The summed E-state index contributed by atoms with van der Waals surface area (Å²) in [7, 11) is -2.02. The van der Waals surface area contributed by atoms with Crippen LogP contribution in [0, 0.1) is 13.8 Å². The number of rotatable bonds is 11. The van der Waals surface area contributed by atoms with Gasteiger partial charge in [-0.1, -0.05) is 55.7 Å². The summed E-state index contributed by atoms with van der Waals surface area (Å²) in [6.07, 6.45) is 13.0. The summed E-state index contributed by atoms with van der Waals surface area (Å²) in [6, 6.07) is 3.56. The second kappa shape index (κ2) is 13.0. The van der Waals surface area contributed by atoms with Crippen LogP contribution in [0.15, 0.2) is 56.3 Å². The van der Waals surface area contributed by atoms with Crippen LogP contribution in [0.5, 0.6) is 5.75 Å². The molecule has 0 aliphatic heterocycles. The molecule has 4 heteroatoms. The molecule has 3 nitrogen and oxygen atoms in total. The Morgan fingerprint density at radius 3 is 2.03 bits per heavy atom. The maximum absolute atomic E-state index is 13.1. The summed E-state index contributed by atoms with van der Waals surface area (Å²) in [4.78, 5) is 13.1. The summed E-state index contributed by atoms with van der Waals surface area (Å²) in [6.45, 7) is 24.0. The number of hydrogen-bond donors (Lipinski definition) is 0. The maximum atomic E-state index is 13.1. The van der Waals surface area contributed by atoms with E-state index in [0.29, 0.717) is 11.0 Å². The molecule has 0 amide bonds. The molecule has 1 aromatic heterocycles. The van der Waals surface area contributed by atoms with E-state index < -0.39 is 8.32 Å². The van der Waals surface area contributed by atoms with Crippen LogP contribution in [0.3, 0.4) is 0 Å². The van der Waals surface area contributed by atoms with Crippen LogP contribution in [0.2, 0.25) is 18.1 Å². The lowest BCUT2D eigenvalue weighted by molar-refractivity contribution is 0.487. The standard InChI is InChI=1S/C33H50O3Si/c1-23(2)15-12-16-24(3)17-13-18-25(4)19-14-20-28-21-30(34)29-22-31(26(5)27(6)32(29)35-28)36-37(10,11)33(7,8)9/h15,17,19,21-22H,12-14,16,18,20H2,1-11H3/b24-17+,25-19+. The molecule has 0 N–H and O–H groups in total. The van der Waals surface area contributed by atoms with E-state index >= 15 is 0 Å². The van der Waals surface area contributed by atoms with Crippen molar-refractivity contribution in [3.8, 4) is 5.75 Å². The monoisotopic (exact) mass is 522 g/mol. The molecule has 2 rings (SSSR count). The highest BCUT2D eigenvalue weighted by atomic mass is 28.4. The van der Waals surface area contributed by atoms with Crippen LogP contribution >= 0.6 is 0 Å². The fraction of sp³-hybridized carbons (Fsp3) is 0.545.